The molecule has 2 aromatic rings. The minimum atomic E-state index is 0.261. The first-order valence-corrected chi connectivity index (χ1v) is 7.31. The van der Waals surface area contributed by atoms with Gasteiger partial charge in [-0.3, -0.25) is 4.90 Å². The van der Waals surface area contributed by atoms with Gasteiger partial charge in [0.05, 0.1) is 12.1 Å². The zero-order chi connectivity index (χ0) is 14.5. The summed E-state index contributed by atoms with van der Waals surface area (Å²) in [5.74, 6) is 1.92. The van der Waals surface area contributed by atoms with Crippen molar-refractivity contribution in [2.45, 2.75) is 18.6 Å². The minimum Gasteiger partial charge on any atom is -0.492 e. The molecule has 1 aromatic carbocycles. The fourth-order valence-corrected chi connectivity index (χ4v) is 2.82. The van der Waals surface area contributed by atoms with E-state index in [1.165, 1.54) is 0 Å². The van der Waals surface area contributed by atoms with Crippen molar-refractivity contribution in [2.24, 2.45) is 0 Å². The van der Waals surface area contributed by atoms with E-state index in [2.05, 4.69) is 14.9 Å². The SMILES string of the molecule is CO[C@@H]1CC(c2ncc[nH]2)N(CCOc2ccccc2)C1. The Balaban J connectivity index is 1.57. The van der Waals surface area contributed by atoms with Crippen LogP contribution in [0.1, 0.15) is 18.3 Å². The van der Waals surface area contributed by atoms with E-state index in [-0.39, 0.29) is 12.1 Å². The third-order valence-corrected chi connectivity index (χ3v) is 3.92. The van der Waals surface area contributed by atoms with Crippen LogP contribution in [0.25, 0.3) is 0 Å². The van der Waals surface area contributed by atoms with Crippen molar-refractivity contribution in [2.75, 3.05) is 26.8 Å². The van der Waals surface area contributed by atoms with E-state index in [0.29, 0.717) is 6.61 Å². The average molecular weight is 287 g/mol. The second-order valence-corrected chi connectivity index (χ2v) is 5.24. The Bertz CT molecular complexity index is 530. The maximum atomic E-state index is 5.79. The molecule has 1 saturated heterocycles. The number of nitrogens with zero attached hydrogens (tertiary/aromatic N) is 2. The molecule has 1 aliphatic rings. The molecule has 1 aliphatic heterocycles. The Morgan fingerprint density at radius 2 is 2.19 bits per heavy atom. The predicted octanol–water partition coefficient (Wildman–Crippen LogP) is 2.25. The highest BCUT2D eigenvalue weighted by Crippen LogP contribution is 2.30. The second kappa shape index (κ2) is 6.74. The molecule has 0 aliphatic carbocycles. The number of hydrogen-bond donors (Lipinski definition) is 1. The van der Waals surface area contributed by atoms with Gasteiger partial charge in [-0.2, -0.15) is 0 Å². The zero-order valence-electron chi connectivity index (χ0n) is 12.2. The van der Waals surface area contributed by atoms with Gasteiger partial charge >= 0.3 is 0 Å². The normalized spacial score (nSPS) is 22.5. The molecule has 0 radical (unpaired) electrons. The van der Waals surface area contributed by atoms with Crippen LogP contribution >= 0.6 is 0 Å². The molecule has 3 rings (SSSR count). The smallest absolute Gasteiger partial charge is 0.123 e. The number of likely N-dealkylation sites (tertiary alicyclic amines) is 1. The monoisotopic (exact) mass is 287 g/mol. The van der Waals surface area contributed by atoms with E-state index < -0.39 is 0 Å². The quantitative estimate of drug-likeness (QED) is 0.885. The van der Waals surface area contributed by atoms with Gasteiger partial charge in [0.15, 0.2) is 0 Å². The third kappa shape index (κ3) is 3.43. The number of aromatic nitrogens is 2. The van der Waals surface area contributed by atoms with Crippen LogP contribution in [0.15, 0.2) is 42.7 Å². The summed E-state index contributed by atoms with van der Waals surface area (Å²) in [4.78, 5) is 9.97. The Kier molecular flexibility index (Phi) is 4.52. The van der Waals surface area contributed by atoms with Crippen LogP contribution in [0.2, 0.25) is 0 Å². The number of rotatable bonds is 6. The maximum Gasteiger partial charge on any atom is 0.123 e. The molecule has 0 bridgehead atoms. The molecular weight excluding hydrogens is 266 g/mol. The minimum absolute atomic E-state index is 0.261. The van der Waals surface area contributed by atoms with Gasteiger partial charge in [-0.1, -0.05) is 18.2 Å². The molecule has 112 valence electrons. The van der Waals surface area contributed by atoms with Gasteiger partial charge in [0, 0.05) is 32.6 Å². The summed E-state index contributed by atoms with van der Waals surface area (Å²) in [7, 11) is 1.77. The number of ether oxygens (including phenoxy) is 2. The number of methoxy groups -OCH3 is 1. The lowest BCUT2D eigenvalue weighted by Gasteiger charge is -2.22. The molecule has 2 heterocycles. The molecule has 0 saturated carbocycles. The first kappa shape index (κ1) is 14.1. The highest BCUT2D eigenvalue weighted by atomic mass is 16.5. The molecule has 1 N–H and O–H groups in total. The van der Waals surface area contributed by atoms with Crippen molar-refractivity contribution in [1.82, 2.24) is 14.9 Å². The second-order valence-electron chi connectivity index (χ2n) is 5.24. The Morgan fingerprint density at radius 3 is 2.90 bits per heavy atom. The van der Waals surface area contributed by atoms with Crippen molar-refractivity contribution in [3.05, 3.63) is 48.5 Å². The fourth-order valence-electron chi connectivity index (χ4n) is 2.82. The lowest BCUT2D eigenvalue weighted by molar-refractivity contribution is 0.105. The standard InChI is InChI=1S/C16H21N3O2/c1-20-14-11-15(16-17-7-8-18-16)19(12-14)9-10-21-13-5-3-2-4-6-13/h2-8,14-15H,9-12H2,1H3,(H,17,18)/t14-,15?/m1/s1. The van der Waals surface area contributed by atoms with E-state index in [1.807, 2.05) is 36.5 Å². The van der Waals surface area contributed by atoms with Crippen LogP contribution in [0.3, 0.4) is 0 Å². The van der Waals surface area contributed by atoms with Crippen LogP contribution in [-0.2, 0) is 4.74 Å². The van der Waals surface area contributed by atoms with Crippen molar-refractivity contribution < 1.29 is 9.47 Å². The van der Waals surface area contributed by atoms with Crippen molar-refractivity contribution in [1.29, 1.82) is 0 Å². The lowest BCUT2D eigenvalue weighted by atomic mass is 10.2. The van der Waals surface area contributed by atoms with E-state index >= 15 is 0 Å². The van der Waals surface area contributed by atoms with Crippen LogP contribution in [0.4, 0.5) is 0 Å². The molecule has 5 heteroatoms. The Hall–Kier alpha value is -1.85. The van der Waals surface area contributed by atoms with Gasteiger partial charge < -0.3 is 14.5 Å². The highest BCUT2D eigenvalue weighted by molar-refractivity contribution is 5.20. The molecule has 0 spiro atoms. The summed E-state index contributed by atoms with van der Waals surface area (Å²) < 4.78 is 11.3. The zero-order valence-corrected chi connectivity index (χ0v) is 12.2. The summed E-state index contributed by atoms with van der Waals surface area (Å²) in [6, 6.07) is 10.2. The van der Waals surface area contributed by atoms with Crippen LogP contribution in [-0.4, -0.2) is 47.8 Å². The van der Waals surface area contributed by atoms with Crippen molar-refractivity contribution >= 4 is 0 Å². The molecule has 1 aromatic heterocycles. The molecule has 1 fully saturated rings. The van der Waals surface area contributed by atoms with Gasteiger partial charge in [0.2, 0.25) is 0 Å². The number of hydrogen-bond acceptors (Lipinski definition) is 4. The molecular formula is C16H21N3O2. The number of benzene rings is 1. The number of aromatic amines is 1. The van der Waals surface area contributed by atoms with Gasteiger partial charge in [-0.05, 0) is 18.6 Å². The van der Waals surface area contributed by atoms with Gasteiger partial charge in [0.1, 0.15) is 18.2 Å². The van der Waals surface area contributed by atoms with E-state index in [0.717, 1.165) is 31.1 Å². The molecule has 0 amide bonds. The molecule has 5 nitrogen and oxygen atoms in total. The van der Waals surface area contributed by atoms with Gasteiger partial charge in [-0.15, -0.1) is 0 Å². The van der Waals surface area contributed by atoms with Crippen LogP contribution < -0.4 is 4.74 Å². The van der Waals surface area contributed by atoms with Gasteiger partial charge in [0.25, 0.3) is 0 Å². The highest BCUT2D eigenvalue weighted by Gasteiger charge is 2.34. The first-order valence-electron chi connectivity index (χ1n) is 7.31. The van der Waals surface area contributed by atoms with Crippen molar-refractivity contribution in [3.8, 4) is 5.75 Å². The van der Waals surface area contributed by atoms with Crippen LogP contribution in [0, 0.1) is 0 Å². The van der Waals surface area contributed by atoms with E-state index in [4.69, 9.17) is 9.47 Å². The first-order chi connectivity index (χ1) is 10.4. The van der Waals surface area contributed by atoms with Crippen molar-refractivity contribution in [3.63, 3.8) is 0 Å². The lowest BCUT2D eigenvalue weighted by Crippen LogP contribution is -2.30. The topological polar surface area (TPSA) is 50.4 Å². The number of H-pyrrole nitrogens is 1. The fraction of sp³-hybridized carbons (Fsp3) is 0.438. The summed E-state index contributed by atoms with van der Waals surface area (Å²) in [5.41, 5.74) is 0. The Labute approximate surface area is 124 Å². The molecule has 2 atom stereocenters. The summed E-state index contributed by atoms with van der Waals surface area (Å²) >= 11 is 0. The third-order valence-electron chi connectivity index (χ3n) is 3.92. The summed E-state index contributed by atoms with van der Waals surface area (Å²) in [5, 5.41) is 0. The number of imidazole rings is 1. The van der Waals surface area contributed by atoms with E-state index in [1.54, 1.807) is 13.3 Å². The molecule has 1 unspecified atom stereocenters. The largest absolute Gasteiger partial charge is 0.492 e. The predicted molar refractivity (Wildman–Crippen MR) is 80.3 cm³/mol. The summed E-state index contributed by atoms with van der Waals surface area (Å²) in [6.45, 7) is 2.44. The number of nitrogens with one attached hydrogen (secondary N) is 1. The van der Waals surface area contributed by atoms with E-state index in [9.17, 15) is 0 Å². The summed E-state index contributed by atoms with van der Waals surface area (Å²) in [6.07, 6.45) is 4.90. The molecule has 21 heavy (non-hydrogen) atoms. The average Bonchev–Trinajstić information content (AvgIpc) is 3.17. The van der Waals surface area contributed by atoms with Gasteiger partial charge in [-0.25, -0.2) is 4.98 Å². The Morgan fingerprint density at radius 1 is 1.33 bits per heavy atom. The maximum absolute atomic E-state index is 5.79. The van der Waals surface area contributed by atoms with Crippen LogP contribution in [0.5, 0.6) is 5.75 Å². The number of para-hydroxylation sites is 1.